The highest BCUT2D eigenvalue weighted by Crippen LogP contribution is 2.29. The van der Waals surface area contributed by atoms with Crippen molar-refractivity contribution in [3.8, 4) is 16.9 Å². The largest absolute Gasteiger partial charge is 0.494 e. The van der Waals surface area contributed by atoms with E-state index in [4.69, 9.17) is 10.5 Å². The Kier molecular flexibility index (Phi) is 7.89. The lowest BCUT2D eigenvalue weighted by Gasteiger charge is -2.32. The molecule has 4 rings (SSSR count). The molecule has 2 N–H and O–H groups in total. The SMILES string of the molecule is COc1cccc(-c2c(C)n(Cc3c(F)cccc3F)c(=O)n(CC(N)C3CCN(C)CC3)c2=O)c1F. The third-order valence-electron chi connectivity index (χ3n) is 7.28. The summed E-state index contributed by atoms with van der Waals surface area (Å²) >= 11 is 0. The molecule has 10 heteroatoms. The third-order valence-corrected chi connectivity index (χ3v) is 7.28. The standard InChI is InChI=1S/C27H31F3N4O3/c1-16-24(18-6-4-9-23(37-3)25(18)30)26(35)34(15-22(31)17-10-12-32(2)13-11-17)27(36)33(16)14-19-20(28)7-5-8-21(19)29/h4-9,17,22H,10-15,31H2,1-3H3. The molecule has 2 aromatic carbocycles. The molecule has 1 saturated heterocycles. The van der Waals surface area contributed by atoms with Crippen LogP contribution < -0.4 is 21.7 Å². The normalized spacial score (nSPS) is 15.6. The molecule has 0 bridgehead atoms. The van der Waals surface area contributed by atoms with Crippen molar-refractivity contribution < 1.29 is 17.9 Å². The van der Waals surface area contributed by atoms with Gasteiger partial charge in [0, 0.05) is 29.4 Å². The summed E-state index contributed by atoms with van der Waals surface area (Å²) in [4.78, 5) is 29.5. The molecule has 0 saturated carbocycles. The quantitative estimate of drug-likeness (QED) is 0.522. The van der Waals surface area contributed by atoms with Crippen LogP contribution in [-0.2, 0) is 13.1 Å². The minimum atomic E-state index is -0.832. The number of benzene rings is 2. The van der Waals surface area contributed by atoms with Crippen LogP contribution in [0.25, 0.3) is 11.1 Å². The van der Waals surface area contributed by atoms with E-state index in [1.165, 1.54) is 38.3 Å². The summed E-state index contributed by atoms with van der Waals surface area (Å²) in [6.07, 6.45) is 1.62. The van der Waals surface area contributed by atoms with Gasteiger partial charge in [-0.05, 0) is 64.0 Å². The zero-order chi connectivity index (χ0) is 26.9. The number of rotatable bonds is 7. The van der Waals surface area contributed by atoms with Crippen LogP contribution in [-0.4, -0.2) is 47.3 Å². The highest BCUT2D eigenvalue weighted by Gasteiger charge is 2.27. The van der Waals surface area contributed by atoms with Gasteiger partial charge in [0.15, 0.2) is 11.6 Å². The second-order valence-electron chi connectivity index (χ2n) is 9.57. The van der Waals surface area contributed by atoms with E-state index in [2.05, 4.69) is 4.90 Å². The number of halogens is 3. The molecule has 1 aliphatic heterocycles. The Morgan fingerprint density at radius 2 is 1.65 bits per heavy atom. The van der Waals surface area contributed by atoms with Crippen LogP contribution >= 0.6 is 0 Å². The molecule has 7 nitrogen and oxygen atoms in total. The minimum absolute atomic E-state index is 0.0776. The van der Waals surface area contributed by atoms with Gasteiger partial charge in [-0.25, -0.2) is 18.0 Å². The molecule has 3 aromatic rings. The van der Waals surface area contributed by atoms with Crippen molar-refractivity contribution in [2.24, 2.45) is 11.7 Å². The number of aromatic nitrogens is 2. The molecular weight excluding hydrogens is 485 g/mol. The number of ether oxygens (including phenoxy) is 1. The fourth-order valence-electron chi connectivity index (χ4n) is 4.98. The second-order valence-corrected chi connectivity index (χ2v) is 9.57. The van der Waals surface area contributed by atoms with Crippen LogP contribution in [0.4, 0.5) is 13.2 Å². The van der Waals surface area contributed by atoms with E-state index in [1.54, 1.807) is 0 Å². The van der Waals surface area contributed by atoms with Gasteiger partial charge in [-0.2, -0.15) is 0 Å². The maximum Gasteiger partial charge on any atom is 0.331 e. The van der Waals surface area contributed by atoms with E-state index >= 15 is 4.39 Å². The third kappa shape index (κ3) is 5.21. The molecule has 1 fully saturated rings. The summed E-state index contributed by atoms with van der Waals surface area (Å²) in [5.41, 5.74) is 4.56. The van der Waals surface area contributed by atoms with Crippen LogP contribution in [0.15, 0.2) is 46.0 Å². The topological polar surface area (TPSA) is 82.5 Å². The maximum absolute atomic E-state index is 15.3. The van der Waals surface area contributed by atoms with E-state index in [0.717, 1.165) is 47.2 Å². The first-order chi connectivity index (χ1) is 17.6. The Labute approximate surface area is 212 Å². The van der Waals surface area contributed by atoms with Gasteiger partial charge in [-0.1, -0.05) is 18.2 Å². The zero-order valence-electron chi connectivity index (χ0n) is 21.1. The maximum atomic E-state index is 15.3. The summed E-state index contributed by atoms with van der Waals surface area (Å²) in [5.74, 6) is -2.44. The highest BCUT2D eigenvalue weighted by molar-refractivity contribution is 5.67. The highest BCUT2D eigenvalue weighted by atomic mass is 19.1. The fraction of sp³-hybridized carbons (Fsp3) is 0.407. The lowest BCUT2D eigenvalue weighted by Crippen LogP contribution is -2.49. The molecule has 37 heavy (non-hydrogen) atoms. The number of hydrogen-bond donors (Lipinski definition) is 1. The minimum Gasteiger partial charge on any atom is -0.494 e. The number of hydrogen-bond acceptors (Lipinski definition) is 5. The van der Waals surface area contributed by atoms with Gasteiger partial charge in [0.05, 0.1) is 19.2 Å². The van der Waals surface area contributed by atoms with Crippen molar-refractivity contribution in [2.75, 3.05) is 27.2 Å². The predicted molar refractivity (Wildman–Crippen MR) is 135 cm³/mol. The lowest BCUT2D eigenvalue weighted by atomic mass is 9.90. The van der Waals surface area contributed by atoms with Crippen molar-refractivity contribution in [1.29, 1.82) is 0 Å². The summed E-state index contributed by atoms with van der Waals surface area (Å²) < 4.78 is 51.5. The van der Waals surface area contributed by atoms with Crippen molar-refractivity contribution in [3.63, 3.8) is 0 Å². The average molecular weight is 517 g/mol. The summed E-state index contributed by atoms with van der Waals surface area (Å²) in [7, 11) is 3.32. The number of likely N-dealkylation sites (tertiary alicyclic amines) is 1. The van der Waals surface area contributed by atoms with Crippen LogP contribution in [0, 0.1) is 30.3 Å². The first kappa shape index (κ1) is 26.7. The van der Waals surface area contributed by atoms with E-state index in [1.807, 2.05) is 7.05 Å². The number of nitrogens with zero attached hydrogens (tertiary/aromatic N) is 3. The lowest BCUT2D eigenvalue weighted by molar-refractivity contribution is 0.190. The average Bonchev–Trinajstić information content (AvgIpc) is 2.87. The van der Waals surface area contributed by atoms with Gasteiger partial charge < -0.3 is 15.4 Å². The molecule has 0 spiro atoms. The van der Waals surface area contributed by atoms with E-state index in [0.29, 0.717) is 0 Å². The van der Waals surface area contributed by atoms with Crippen molar-refractivity contribution in [3.05, 3.63) is 85.9 Å². The molecule has 0 radical (unpaired) electrons. The van der Waals surface area contributed by atoms with Crippen LogP contribution in [0.2, 0.25) is 0 Å². The molecule has 198 valence electrons. The Morgan fingerprint density at radius 1 is 1.03 bits per heavy atom. The molecule has 2 heterocycles. The van der Waals surface area contributed by atoms with Crippen molar-refractivity contribution in [1.82, 2.24) is 14.0 Å². The summed E-state index contributed by atoms with van der Waals surface area (Å²) in [5, 5.41) is 0. The predicted octanol–water partition coefficient (Wildman–Crippen LogP) is 3.13. The Morgan fingerprint density at radius 3 is 2.27 bits per heavy atom. The Balaban J connectivity index is 1.90. The van der Waals surface area contributed by atoms with Gasteiger partial charge in [-0.3, -0.25) is 13.9 Å². The van der Waals surface area contributed by atoms with Crippen LogP contribution in [0.5, 0.6) is 5.75 Å². The van der Waals surface area contributed by atoms with Crippen molar-refractivity contribution in [2.45, 2.75) is 38.9 Å². The summed E-state index contributed by atoms with van der Waals surface area (Å²) in [6, 6.07) is 7.23. The monoisotopic (exact) mass is 516 g/mol. The van der Waals surface area contributed by atoms with E-state index in [-0.39, 0.29) is 40.6 Å². The second kappa shape index (κ2) is 10.9. The first-order valence-corrected chi connectivity index (χ1v) is 12.2. The van der Waals surface area contributed by atoms with Crippen molar-refractivity contribution >= 4 is 0 Å². The number of nitrogens with two attached hydrogens (primary N) is 1. The molecular formula is C27H31F3N4O3. The number of methoxy groups -OCH3 is 1. The molecule has 0 amide bonds. The molecule has 0 aliphatic carbocycles. The van der Waals surface area contributed by atoms with Gasteiger partial charge >= 0.3 is 5.69 Å². The van der Waals surface area contributed by atoms with Crippen LogP contribution in [0.3, 0.4) is 0 Å². The van der Waals surface area contributed by atoms with E-state index < -0.39 is 41.3 Å². The van der Waals surface area contributed by atoms with E-state index in [9.17, 15) is 18.4 Å². The molecule has 1 atom stereocenters. The summed E-state index contributed by atoms with van der Waals surface area (Å²) in [6.45, 7) is 2.56. The van der Waals surface area contributed by atoms with Gasteiger partial charge in [0.1, 0.15) is 11.6 Å². The molecule has 1 aromatic heterocycles. The molecule has 1 aliphatic rings. The van der Waals surface area contributed by atoms with Crippen LogP contribution in [0.1, 0.15) is 24.1 Å². The molecule has 1 unspecified atom stereocenters. The van der Waals surface area contributed by atoms with Gasteiger partial charge in [0.2, 0.25) is 0 Å². The van der Waals surface area contributed by atoms with Gasteiger partial charge in [-0.15, -0.1) is 0 Å². The smallest absolute Gasteiger partial charge is 0.331 e. The Hall–Kier alpha value is -3.37. The Bertz CT molecular complexity index is 1390. The number of piperidine rings is 1. The zero-order valence-corrected chi connectivity index (χ0v) is 21.1. The van der Waals surface area contributed by atoms with Gasteiger partial charge in [0.25, 0.3) is 5.56 Å². The first-order valence-electron chi connectivity index (χ1n) is 12.2. The fourth-order valence-corrected chi connectivity index (χ4v) is 4.98.